The van der Waals surface area contributed by atoms with Gasteiger partial charge in [-0.3, -0.25) is 14.4 Å². The van der Waals surface area contributed by atoms with E-state index >= 15 is 0 Å². The van der Waals surface area contributed by atoms with E-state index in [1.54, 1.807) is 0 Å². The van der Waals surface area contributed by atoms with Crippen molar-refractivity contribution in [1.82, 2.24) is 0 Å². The van der Waals surface area contributed by atoms with Crippen LogP contribution in [0.5, 0.6) is 0 Å². The molecule has 0 heterocycles. The molecular weight excluding hydrogens is 997 g/mol. The van der Waals surface area contributed by atoms with Gasteiger partial charge in [-0.25, -0.2) is 0 Å². The second-order valence-corrected chi connectivity index (χ2v) is 25.2. The molecule has 81 heavy (non-hydrogen) atoms. The van der Waals surface area contributed by atoms with Gasteiger partial charge in [0.15, 0.2) is 6.10 Å². The molecule has 0 saturated heterocycles. The van der Waals surface area contributed by atoms with Crippen LogP contribution in [0.15, 0.2) is 24.3 Å². The Hall–Kier alpha value is -2.11. The fourth-order valence-corrected chi connectivity index (χ4v) is 11.4. The van der Waals surface area contributed by atoms with Crippen LogP contribution in [0.1, 0.15) is 419 Å². The maximum absolute atomic E-state index is 13.0. The Morgan fingerprint density at radius 1 is 0.235 bits per heavy atom. The summed E-state index contributed by atoms with van der Waals surface area (Å²) in [5.41, 5.74) is 0. The lowest BCUT2D eigenvalue weighted by atomic mass is 10.0. The zero-order valence-corrected chi connectivity index (χ0v) is 55.1. The van der Waals surface area contributed by atoms with Crippen molar-refractivity contribution in [3.05, 3.63) is 24.3 Å². The van der Waals surface area contributed by atoms with Crippen LogP contribution in [-0.4, -0.2) is 37.2 Å². The second kappa shape index (κ2) is 70.4. The number of ether oxygens (including phenoxy) is 3. The third-order valence-electron chi connectivity index (χ3n) is 16.9. The standard InChI is InChI=1S/C75H142O6/c1-4-7-10-13-16-19-22-25-28-31-34-35-36-37-38-39-40-42-44-47-50-53-56-59-62-65-68-74(77)80-71-72(70-79-73(76)67-64-61-58-55-52-49-46-43-33-30-27-24-21-18-15-12-9-6-3)81-75(78)69-66-63-60-57-54-51-48-45-41-32-29-26-23-20-17-14-11-8-5-2/h26,29-30,33,72H,4-25,27-28,31-32,34-71H2,1-3H3/b29-26-,33-30-. The van der Waals surface area contributed by atoms with E-state index in [2.05, 4.69) is 45.1 Å². The van der Waals surface area contributed by atoms with Crippen molar-refractivity contribution in [3.63, 3.8) is 0 Å². The Bertz CT molecular complexity index is 1310. The van der Waals surface area contributed by atoms with E-state index in [9.17, 15) is 14.4 Å². The zero-order valence-electron chi connectivity index (χ0n) is 55.1. The smallest absolute Gasteiger partial charge is 0.306 e. The van der Waals surface area contributed by atoms with Crippen LogP contribution >= 0.6 is 0 Å². The van der Waals surface area contributed by atoms with E-state index < -0.39 is 6.10 Å². The molecule has 0 aliphatic carbocycles. The van der Waals surface area contributed by atoms with Crippen LogP contribution in [0.3, 0.4) is 0 Å². The molecule has 0 radical (unpaired) electrons. The number of rotatable bonds is 69. The van der Waals surface area contributed by atoms with E-state index in [-0.39, 0.29) is 31.1 Å². The van der Waals surface area contributed by atoms with Gasteiger partial charge >= 0.3 is 17.9 Å². The summed E-state index contributed by atoms with van der Waals surface area (Å²) in [5.74, 6) is -0.840. The third-order valence-corrected chi connectivity index (χ3v) is 16.9. The topological polar surface area (TPSA) is 78.9 Å². The number of unbranched alkanes of at least 4 members (excludes halogenated alkanes) is 54. The summed E-state index contributed by atoms with van der Waals surface area (Å²) in [6.45, 7) is 6.72. The highest BCUT2D eigenvalue weighted by Crippen LogP contribution is 2.19. The van der Waals surface area contributed by atoms with Crippen molar-refractivity contribution in [3.8, 4) is 0 Å². The minimum atomic E-state index is -0.773. The van der Waals surface area contributed by atoms with Crippen molar-refractivity contribution in [2.45, 2.75) is 425 Å². The van der Waals surface area contributed by atoms with Gasteiger partial charge in [0, 0.05) is 19.3 Å². The van der Waals surface area contributed by atoms with Crippen LogP contribution in [0.2, 0.25) is 0 Å². The largest absolute Gasteiger partial charge is 0.462 e. The first kappa shape index (κ1) is 78.9. The van der Waals surface area contributed by atoms with Gasteiger partial charge in [0.1, 0.15) is 13.2 Å². The molecule has 0 saturated carbocycles. The van der Waals surface area contributed by atoms with Crippen LogP contribution in [0.25, 0.3) is 0 Å². The number of allylic oxidation sites excluding steroid dienone is 4. The number of hydrogen-bond donors (Lipinski definition) is 0. The van der Waals surface area contributed by atoms with Crippen molar-refractivity contribution < 1.29 is 28.6 Å². The van der Waals surface area contributed by atoms with E-state index in [4.69, 9.17) is 14.2 Å². The first-order chi connectivity index (χ1) is 40.0. The minimum absolute atomic E-state index is 0.0677. The predicted molar refractivity (Wildman–Crippen MR) is 353 cm³/mol. The summed E-state index contributed by atoms with van der Waals surface area (Å²) in [4.78, 5) is 38.5. The van der Waals surface area contributed by atoms with Gasteiger partial charge in [0.2, 0.25) is 0 Å². The Labute approximate surface area is 506 Å². The van der Waals surface area contributed by atoms with Crippen LogP contribution < -0.4 is 0 Å². The summed E-state index contributed by atoms with van der Waals surface area (Å²) < 4.78 is 17.0. The van der Waals surface area contributed by atoms with Gasteiger partial charge in [-0.15, -0.1) is 0 Å². The van der Waals surface area contributed by atoms with Crippen LogP contribution in [-0.2, 0) is 28.6 Å². The molecule has 0 fully saturated rings. The molecule has 0 amide bonds. The molecule has 0 bridgehead atoms. The second-order valence-electron chi connectivity index (χ2n) is 25.2. The molecule has 1 unspecified atom stereocenters. The molecule has 1 atom stereocenters. The van der Waals surface area contributed by atoms with Crippen molar-refractivity contribution in [1.29, 1.82) is 0 Å². The molecule has 6 nitrogen and oxygen atoms in total. The van der Waals surface area contributed by atoms with Crippen molar-refractivity contribution >= 4 is 17.9 Å². The summed E-state index contributed by atoms with van der Waals surface area (Å²) in [6.07, 6.45) is 86.4. The number of carbonyl (C=O) groups excluding carboxylic acids is 3. The molecule has 0 aliphatic heterocycles. The van der Waals surface area contributed by atoms with Gasteiger partial charge in [0.05, 0.1) is 0 Å². The predicted octanol–water partition coefficient (Wildman–Crippen LogP) is 25.3. The first-order valence-electron chi connectivity index (χ1n) is 36.8. The SMILES string of the molecule is CCCCCCCC/C=C\CCCCCCCCCCCC(=O)OC(COC(=O)CCCCCCCCC/C=C\CCCCCCCCC)COC(=O)CCCCCCCCCCCCCCCCCCCCCCCCCCCC. The molecule has 0 N–H and O–H groups in total. The van der Waals surface area contributed by atoms with Crippen LogP contribution in [0.4, 0.5) is 0 Å². The Morgan fingerprint density at radius 3 is 0.617 bits per heavy atom. The maximum Gasteiger partial charge on any atom is 0.306 e. The minimum Gasteiger partial charge on any atom is -0.462 e. The Balaban J connectivity index is 4.26. The molecule has 0 rings (SSSR count). The fraction of sp³-hybridized carbons (Fsp3) is 0.907. The number of esters is 3. The fourth-order valence-electron chi connectivity index (χ4n) is 11.4. The Kier molecular flexibility index (Phi) is 68.5. The average Bonchev–Trinajstić information content (AvgIpc) is 3.47. The van der Waals surface area contributed by atoms with E-state index in [0.717, 1.165) is 57.8 Å². The van der Waals surface area contributed by atoms with Gasteiger partial charge in [-0.2, -0.15) is 0 Å². The lowest BCUT2D eigenvalue weighted by molar-refractivity contribution is -0.167. The monoisotopic (exact) mass is 1140 g/mol. The van der Waals surface area contributed by atoms with Gasteiger partial charge < -0.3 is 14.2 Å². The molecule has 0 aromatic rings. The Morgan fingerprint density at radius 2 is 0.407 bits per heavy atom. The summed E-state index contributed by atoms with van der Waals surface area (Å²) in [5, 5.41) is 0. The van der Waals surface area contributed by atoms with Crippen molar-refractivity contribution in [2.24, 2.45) is 0 Å². The molecule has 0 aliphatic rings. The summed E-state index contributed by atoms with van der Waals surface area (Å²) in [7, 11) is 0. The van der Waals surface area contributed by atoms with Gasteiger partial charge in [0.25, 0.3) is 0 Å². The molecule has 0 spiro atoms. The molecule has 6 heteroatoms. The lowest BCUT2D eigenvalue weighted by Gasteiger charge is -2.18. The van der Waals surface area contributed by atoms with Gasteiger partial charge in [-0.05, 0) is 70.6 Å². The molecular formula is C75H142O6. The quantitative estimate of drug-likeness (QED) is 0.0261. The molecule has 478 valence electrons. The summed E-state index contributed by atoms with van der Waals surface area (Å²) >= 11 is 0. The van der Waals surface area contributed by atoms with E-state index in [1.165, 1.54) is 321 Å². The normalized spacial score (nSPS) is 12.1. The molecule has 0 aromatic heterocycles. The summed E-state index contributed by atoms with van der Waals surface area (Å²) in [6, 6.07) is 0. The highest BCUT2D eigenvalue weighted by atomic mass is 16.6. The maximum atomic E-state index is 13.0. The van der Waals surface area contributed by atoms with Crippen molar-refractivity contribution in [2.75, 3.05) is 13.2 Å². The lowest BCUT2D eigenvalue weighted by Crippen LogP contribution is -2.30. The zero-order chi connectivity index (χ0) is 58.5. The van der Waals surface area contributed by atoms with Crippen LogP contribution in [0, 0.1) is 0 Å². The first-order valence-corrected chi connectivity index (χ1v) is 36.8. The average molecular weight is 1140 g/mol. The van der Waals surface area contributed by atoms with E-state index in [0.29, 0.717) is 19.3 Å². The highest BCUT2D eigenvalue weighted by molar-refractivity contribution is 5.71. The third kappa shape index (κ3) is 68.6. The number of carbonyl (C=O) groups is 3. The highest BCUT2D eigenvalue weighted by Gasteiger charge is 2.20. The molecule has 0 aromatic carbocycles. The number of hydrogen-bond acceptors (Lipinski definition) is 6. The van der Waals surface area contributed by atoms with Gasteiger partial charge in [-0.1, -0.05) is 353 Å². The van der Waals surface area contributed by atoms with E-state index in [1.807, 2.05) is 0 Å².